The van der Waals surface area contributed by atoms with Gasteiger partial charge >= 0.3 is 0 Å². The van der Waals surface area contributed by atoms with Crippen LogP contribution in [-0.2, 0) is 5.54 Å². The highest BCUT2D eigenvalue weighted by Crippen LogP contribution is 2.36. The third-order valence-corrected chi connectivity index (χ3v) is 5.06. The molecule has 0 radical (unpaired) electrons. The molecule has 4 rings (SSSR count). The number of pyridine rings is 1. The summed E-state index contributed by atoms with van der Waals surface area (Å²) in [6, 6.07) is 10.8. The van der Waals surface area contributed by atoms with Crippen molar-refractivity contribution in [2.45, 2.75) is 32.7 Å². The van der Waals surface area contributed by atoms with Gasteiger partial charge in [0.05, 0.1) is 28.6 Å². The lowest BCUT2D eigenvalue weighted by Crippen LogP contribution is -2.36. The van der Waals surface area contributed by atoms with Gasteiger partial charge in [0.15, 0.2) is 0 Å². The highest BCUT2D eigenvalue weighted by molar-refractivity contribution is 6.08. The monoisotopic (exact) mass is 303 g/mol. The molecule has 23 heavy (non-hydrogen) atoms. The first-order valence-corrected chi connectivity index (χ1v) is 8.14. The normalized spacial score (nSPS) is 21.6. The van der Waals surface area contributed by atoms with Crippen molar-refractivity contribution in [3.05, 3.63) is 54.2 Å². The molecule has 0 saturated heterocycles. The van der Waals surface area contributed by atoms with E-state index in [1.807, 2.05) is 12.3 Å². The van der Waals surface area contributed by atoms with Gasteiger partial charge in [0.2, 0.25) is 0 Å². The molecule has 0 amide bonds. The molecule has 0 N–H and O–H groups in total. The first-order valence-electron chi connectivity index (χ1n) is 8.14. The predicted molar refractivity (Wildman–Crippen MR) is 97.4 cm³/mol. The van der Waals surface area contributed by atoms with Crippen molar-refractivity contribution in [3.8, 4) is 0 Å². The van der Waals surface area contributed by atoms with E-state index < -0.39 is 0 Å². The maximum absolute atomic E-state index is 4.75. The lowest BCUT2D eigenvalue weighted by molar-refractivity contribution is 0.477. The summed E-state index contributed by atoms with van der Waals surface area (Å²) < 4.78 is 2.43. The third-order valence-electron chi connectivity index (χ3n) is 5.06. The number of nitrogens with zero attached hydrogens (tertiary/aromatic N) is 3. The number of allylic oxidation sites excluding steroid dienone is 1. The number of fused-ring (bicyclic) bond motifs is 3. The molecule has 3 aromatic rings. The molecule has 2 aromatic heterocycles. The second kappa shape index (κ2) is 5.05. The van der Waals surface area contributed by atoms with Crippen molar-refractivity contribution >= 4 is 27.6 Å². The zero-order valence-electron chi connectivity index (χ0n) is 13.9. The fourth-order valence-electron chi connectivity index (χ4n) is 3.63. The van der Waals surface area contributed by atoms with Gasteiger partial charge in [0.1, 0.15) is 0 Å². The molecule has 1 atom stereocenters. The van der Waals surface area contributed by atoms with Gasteiger partial charge in [-0.2, -0.15) is 0 Å². The molecular formula is C20H21N3. The van der Waals surface area contributed by atoms with E-state index in [4.69, 9.17) is 4.99 Å². The Morgan fingerprint density at radius 3 is 2.83 bits per heavy atom. The number of hydrogen-bond acceptors (Lipinski definition) is 2. The summed E-state index contributed by atoms with van der Waals surface area (Å²) >= 11 is 0. The zero-order valence-corrected chi connectivity index (χ0v) is 13.9. The lowest BCUT2D eigenvalue weighted by Gasteiger charge is -2.32. The molecule has 1 aliphatic rings. The second-order valence-corrected chi connectivity index (χ2v) is 6.60. The van der Waals surface area contributed by atoms with Gasteiger partial charge in [-0.15, -0.1) is 0 Å². The third kappa shape index (κ3) is 2.03. The van der Waals surface area contributed by atoms with Crippen molar-refractivity contribution in [2.24, 2.45) is 4.99 Å². The molecule has 0 aliphatic carbocycles. The Labute approximate surface area is 136 Å². The van der Waals surface area contributed by atoms with Gasteiger partial charge < -0.3 is 4.57 Å². The lowest BCUT2D eigenvalue weighted by atomic mass is 9.91. The summed E-state index contributed by atoms with van der Waals surface area (Å²) in [6.07, 6.45) is 7.24. The van der Waals surface area contributed by atoms with Crippen molar-refractivity contribution in [2.75, 3.05) is 6.54 Å². The van der Waals surface area contributed by atoms with E-state index in [0.717, 1.165) is 18.5 Å². The molecule has 3 nitrogen and oxygen atoms in total. The average Bonchev–Trinajstić information content (AvgIpc) is 2.78. The molecule has 3 heteroatoms. The minimum absolute atomic E-state index is 0.161. The highest BCUT2D eigenvalue weighted by Gasteiger charge is 2.32. The molecular weight excluding hydrogens is 282 g/mol. The molecule has 1 aromatic carbocycles. The summed E-state index contributed by atoms with van der Waals surface area (Å²) in [7, 11) is 0. The van der Waals surface area contributed by atoms with Gasteiger partial charge in [-0.05, 0) is 51.5 Å². The average molecular weight is 303 g/mol. The highest BCUT2D eigenvalue weighted by atomic mass is 15.1. The van der Waals surface area contributed by atoms with E-state index >= 15 is 0 Å². The van der Waals surface area contributed by atoms with E-state index in [0.29, 0.717) is 0 Å². The molecule has 116 valence electrons. The van der Waals surface area contributed by atoms with Crippen LogP contribution in [0.25, 0.3) is 21.9 Å². The zero-order chi connectivity index (χ0) is 16.0. The number of hydrogen-bond donors (Lipinski definition) is 0. The van der Waals surface area contributed by atoms with Crippen LogP contribution >= 0.6 is 0 Å². The number of aromatic nitrogens is 2. The Kier molecular flexibility index (Phi) is 3.12. The van der Waals surface area contributed by atoms with Crippen LogP contribution in [0.5, 0.6) is 0 Å². The van der Waals surface area contributed by atoms with Crippen molar-refractivity contribution in [1.82, 2.24) is 9.55 Å². The summed E-state index contributed by atoms with van der Waals surface area (Å²) in [4.78, 5) is 9.42. The molecule has 3 heterocycles. The Bertz CT molecular complexity index is 962. The Balaban J connectivity index is 2.15. The van der Waals surface area contributed by atoms with E-state index in [1.54, 1.807) is 0 Å². The molecule has 0 fully saturated rings. The minimum atomic E-state index is -0.161. The molecule has 0 saturated carbocycles. The van der Waals surface area contributed by atoms with Gasteiger partial charge in [0.25, 0.3) is 0 Å². The van der Waals surface area contributed by atoms with E-state index in [1.165, 1.54) is 27.7 Å². The van der Waals surface area contributed by atoms with E-state index in [2.05, 4.69) is 66.7 Å². The maximum Gasteiger partial charge on any atom is 0.0960 e. The Hall–Kier alpha value is -2.42. The first-order chi connectivity index (χ1) is 11.1. The number of aryl methyl sites for hydroxylation is 1. The fraction of sp³-hybridized carbons (Fsp3) is 0.300. The SMILES string of the molecule is CC1=NCC=CCC1(C)n1c2ccc(C)cc2c2ncccc21. The smallest absolute Gasteiger partial charge is 0.0960 e. The number of rotatable bonds is 1. The minimum Gasteiger partial charge on any atom is -0.327 e. The predicted octanol–water partition coefficient (Wildman–Crippen LogP) is 4.63. The Morgan fingerprint density at radius 2 is 1.96 bits per heavy atom. The quantitative estimate of drug-likeness (QED) is 0.603. The van der Waals surface area contributed by atoms with Crippen LogP contribution in [0.1, 0.15) is 25.8 Å². The summed E-state index contributed by atoms with van der Waals surface area (Å²) in [5.41, 5.74) is 5.76. The van der Waals surface area contributed by atoms with Gasteiger partial charge in [-0.25, -0.2) is 0 Å². The number of aliphatic imine (C=N–C) groups is 1. The van der Waals surface area contributed by atoms with Crippen LogP contribution in [0.4, 0.5) is 0 Å². The van der Waals surface area contributed by atoms with Crippen LogP contribution in [0.2, 0.25) is 0 Å². The summed E-state index contributed by atoms with van der Waals surface area (Å²) in [5.74, 6) is 0. The standard InChI is InChI=1S/C20H21N3/c1-14-8-9-17-16(13-14)19-18(7-6-12-22-19)23(17)20(3)10-4-5-11-21-15(20)2/h4-9,12-13H,10-11H2,1-3H3. The topological polar surface area (TPSA) is 30.2 Å². The van der Waals surface area contributed by atoms with Crippen LogP contribution in [0, 0.1) is 6.92 Å². The van der Waals surface area contributed by atoms with Crippen LogP contribution in [-0.4, -0.2) is 21.8 Å². The Morgan fingerprint density at radius 1 is 1.09 bits per heavy atom. The van der Waals surface area contributed by atoms with Crippen molar-refractivity contribution in [3.63, 3.8) is 0 Å². The summed E-state index contributed by atoms with van der Waals surface area (Å²) in [6.45, 7) is 7.34. The maximum atomic E-state index is 4.75. The van der Waals surface area contributed by atoms with Gasteiger partial charge in [-0.1, -0.05) is 23.8 Å². The van der Waals surface area contributed by atoms with Crippen molar-refractivity contribution < 1.29 is 0 Å². The van der Waals surface area contributed by atoms with E-state index in [9.17, 15) is 0 Å². The van der Waals surface area contributed by atoms with E-state index in [-0.39, 0.29) is 5.54 Å². The first kappa shape index (κ1) is 14.2. The van der Waals surface area contributed by atoms with Gasteiger partial charge in [0, 0.05) is 17.3 Å². The fourth-order valence-corrected chi connectivity index (χ4v) is 3.63. The second-order valence-electron chi connectivity index (χ2n) is 6.60. The molecule has 1 unspecified atom stereocenters. The molecule has 0 spiro atoms. The van der Waals surface area contributed by atoms with Crippen LogP contribution < -0.4 is 0 Å². The molecule has 0 bridgehead atoms. The summed E-state index contributed by atoms with van der Waals surface area (Å²) in [5, 5.41) is 1.22. The van der Waals surface area contributed by atoms with Crippen LogP contribution in [0.15, 0.2) is 53.7 Å². The van der Waals surface area contributed by atoms with Gasteiger partial charge in [-0.3, -0.25) is 9.98 Å². The molecule has 1 aliphatic heterocycles. The largest absolute Gasteiger partial charge is 0.327 e. The van der Waals surface area contributed by atoms with Crippen LogP contribution in [0.3, 0.4) is 0 Å². The number of benzene rings is 1. The van der Waals surface area contributed by atoms with Crippen molar-refractivity contribution in [1.29, 1.82) is 0 Å².